The fourth-order valence-corrected chi connectivity index (χ4v) is 2.13. The van der Waals surface area contributed by atoms with E-state index in [2.05, 4.69) is 25.5 Å². The number of ether oxygens (including phenoxy) is 2. The summed E-state index contributed by atoms with van der Waals surface area (Å²) in [5.41, 5.74) is 0. The van der Waals surface area contributed by atoms with Gasteiger partial charge in [0.2, 0.25) is 5.95 Å². The standard InChI is InChI=1S/C14H25N5O2/c1-20-10-2-4-15-13-3-5-16-14(18-13)17-6-7-19-8-11-21-12-9-19/h3,5H,2,4,6-12H2,1H3,(H2,15,16,17,18). The number of methoxy groups -OCH3 is 1. The molecule has 21 heavy (non-hydrogen) atoms. The number of anilines is 2. The summed E-state index contributed by atoms with van der Waals surface area (Å²) in [7, 11) is 1.71. The van der Waals surface area contributed by atoms with Crippen LogP contribution in [0.5, 0.6) is 0 Å². The van der Waals surface area contributed by atoms with Crippen molar-refractivity contribution < 1.29 is 9.47 Å². The molecule has 0 unspecified atom stereocenters. The van der Waals surface area contributed by atoms with Gasteiger partial charge in [-0.05, 0) is 12.5 Å². The molecule has 0 atom stereocenters. The number of nitrogens with one attached hydrogen (secondary N) is 2. The van der Waals surface area contributed by atoms with E-state index in [9.17, 15) is 0 Å². The lowest BCUT2D eigenvalue weighted by molar-refractivity contribution is 0.0398. The summed E-state index contributed by atoms with van der Waals surface area (Å²) in [5, 5.41) is 6.53. The Hall–Kier alpha value is -1.44. The van der Waals surface area contributed by atoms with E-state index in [0.29, 0.717) is 5.95 Å². The zero-order valence-corrected chi connectivity index (χ0v) is 12.7. The first-order valence-corrected chi connectivity index (χ1v) is 7.48. The van der Waals surface area contributed by atoms with Gasteiger partial charge in [-0.25, -0.2) is 4.98 Å². The highest BCUT2D eigenvalue weighted by Crippen LogP contribution is 2.05. The molecule has 118 valence electrons. The van der Waals surface area contributed by atoms with Crippen molar-refractivity contribution in [3.63, 3.8) is 0 Å². The second-order valence-corrected chi connectivity index (χ2v) is 4.92. The fraction of sp³-hybridized carbons (Fsp3) is 0.714. The van der Waals surface area contributed by atoms with E-state index in [0.717, 1.165) is 64.8 Å². The molecule has 1 saturated heterocycles. The summed E-state index contributed by atoms with van der Waals surface area (Å²) in [6.45, 7) is 7.09. The minimum atomic E-state index is 0.667. The lowest BCUT2D eigenvalue weighted by Crippen LogP contribution is -2.39. The van der Waals surface area contributed by atoms with Crippen molar-refractivity contribution in [2.24, 2.45) is 0 Å². The van der Waals surface area contributed by atoms with Crippen molar-refractivity contribution >= 4 is 11.8 Å². The normalized spacial score (nSPS) is 15.9. The average Bonchev–Trinajstić information content (AvgIpc) is 2.53. The van der Waals surface area contributed by atoms with E-state index in [1.165, 1.54) is 0 Å². The Labute approximate surface area is 126 Å². The zero-order valence-electron chi connectivity index (χ0n) is 12.7. The first kappa shape index (κ1) is 15.9. The molecule has 0 aromatic carbocycles. The minimum Gasteiger partial charge on any atom is -0.385 e. The van der Waals surface area contributed by atoms with Crippen LogP contribution in [-0.4, -0.2) is 74.5 Å². The van der Waals surface area contributed by atoms with Crippen LogP contribution in [0.2, 0.25) is 0 Å². The highest BCUT2D eigenvalue weighted by atomic mass is 16.5. The Morgan fingerprint density at radius 1 is 1.29 bits per heavy atom. The van der Waals surface area contributed by atoms with Crippen LogP contribution >= 0.6 is 0 Å². The van der Waals surface area contributed by atoms with Crippen LogP contribution < -0.4 is 10.6 Å². The molecule has 2 rings (SSSR count). The average molecular weight is 295 g/mol. The smallest absolute Gasteiger partial charge is 0.224 e. The maximum Gasteiger partial charge on any atom is 0.224 e. The molecule has 0 bridgehead atoms. The summed E-state index contributed by atoms with van der Waals surface area (Å²) < 4.78 is 10.3. The predicted octanol–water partition coefficient (Wildman–Crippen LogP) is 0.669. The molecule has 1 aliphatic heterocycles. The number of aromatic nitrogens is 2. The topological polar surface area (TPSA) is 71.5 Å². The molecule has 7 nitrogen and oxygen atoms in total. The molecule has 1 aromatic heterocycles. The SMILES string of the molecule is COCCCNc1ccnc(NCCN2CCOCC2)n1. The van der Waals surface area contributed by atoms with Crippen molar-refractivity contribution in [3.8, 4) is 0 Å². The second kappa shape index (κ2) is 9.49. The summed E-state index contributed by atoms with van der Waals surface area (Å²) >= 11 is 0. The van der Waals surface area contributed by atoms with E-state index in [4.69, 9.17) is 9.47 Å². The Bertz CT molecular complexity index is 399. The Morgan fingerprint density at radius 2 is 2.14 bits per heavy atom. The van der Waals surface area contributed by atoms with Crippen LogP contribution in [0.25, 0.3) is 0 Å². The first-order valence-electron chi connectivity index (χ1n) is 7.48. The Kier molecular flexibility index (Phi) is 7.20. The van der Waals surface area contributed by atoms with Crippen LogP contribution in [0.3, 0.4) is 0 Å². The van der Waals surface area contributed by atoms with Crippen molar-refractivity contribution in [3.05, 3.63) is 12.3 Å². The third-order valence-electron chi connectivity index (χ3n) is 3.30. The van der Waals surface area contributed by atoms with Gasteiger partial charge in [0.25, 0.3) is 0 Å². The van der Waals surface area contributed by atoms with Crippen LogP contribution in [0.4, 0.5) is 11.8 Å². The summed E-state index contributed by atoms with van der Waals surface area (Å²) in [6.07, 6.45) is 2.73. The number of hydrogen-bond donors (Lipinski definition) is 2. The highest BCUT2D eigenvalue weighted by molar-refractivity contribution is 5.39. The number of morpholine rings is 1. The maximum atomic E-state index is 5.33. The van der Waals surface area contributed by atoms with Gasteiger partial charge in [0.1, 0.15) is 5.82 Å². The highest BCUT2D eigenvalue weighted by Gasteiger charge is 2.09. The quantitative estimate of drug-likeness (QED) is 0.649. The van der Waals surface area contributed by atoms with Gasteiger partial charge in [0.15, 0.2) is 0 Å². The molecular formula is C14H25N5O2. The van der Waals surface area contributed by atoms with E-state index >= 15 is 0 Å². The van der Waals surface area contributed by atoms with Gasteiger partial charge in [0.05, 0.1) is 13.2 Å². The van der Waals surface area contributed by atoms with Gasteiger partial charge in [-0.2, -0.15) is 4.98 Å². The molecule has 2 N–H and O–H groups in total. The summed E-state index contributed by atoms with van der Waals surface area (Å²) in [6, 6.07) is 1.87. The molecule has 1 aromatic rings. The van der Waals surface area contributed by atoms with Crippen LogP contribution in [0.1, 0.15) is 6.42 Å². The summed E-state index contributed by atoms with van der Waals surface area (Å²) in [5.74, 6) is 1.51. The third kappa shape index (κ3) is 6.24. The third-order valence-corrected chi connectivity index (χ3v) is 3.30. The monoisotopic (exact) mass is 295 g/mol. The van der Waals surface area contributed by atoms with Gasteiger partial charge in [-0.3, -0.25) is 4.90 Å². The van der Waals surface area contributed by atoms with Crippen molar-refractivity contribution in [1.82, 2.24) is 14.9 Å². The van der Waals surface area contributed by atoms with E-state index in [-0.39, 0.29) is 0 Å². The molecule has 0 amide bonds. The molecule has 1 fully saturated rings. The van der Waals surface area contributed by atoms with Crippen LogP contribution in [-0.2, 0) is 9.47 Å². The lowest BCUT2D eigenvalue weighted by atomic mass is 10.4. The Morgan fingerprint density at radius 3 is 2.95 bits per heavy atom. The van der Waals surface area contributed by atoms with Crippen LogP contribution in [0.15, 0.2) is 12.3 Å². The van der Waals surface area contributed by atoms with Crippen molar-refractivity contribution in [2.45, 2.75) is 6.42 Å². The molecule has 1 aliphatic rings. The predicted molar refractivity (Wildman–Crippen MR) is 82.8 cm³/mol. The lowest BCUT2D eigenvalue weighted by Gasteiger charge is -2.26. The van der Waals surface area contributed by atoms with Gasteiger partial charge in [-0.15, -0.1) is 0 Å². The van der Waals surface area contributed by atoms with E-state index < -0.39 is 0 Å². The van der Waals surface area contributed by atoms with Crippen molar-refractivity contribution in [2.75, 3.05) is 70.3 Å². The fourth-order valence-electron chi connectivity index (χ4n) is 2.13. The largest absolute Gasteiger partial charge is 0.385 e. The van der Waals surface area contributed by atoms with E-state index in [1.54, 1.807) is 13.3 Å². The second-order valence-electron chi connectivity index (χ2n) is 4.92. The van der Waals surface area contributed by atoms with Crippen molar-refractivity contribution in [1.29, 1.82) is 0 Å². The molecule has 2 heterocycles. The Balaban J connectivity index is 1.67. The van der Waals surface area contributed by atoms with Gasteiger partial charge in [-0.1, -0.05) is 0 Å². The van der Waals surface area contributed by atoms with Gasteiger partial charge >= 0.3 is 0 Å². The van der Waals surface area contributed by atoms with E-state index in [1.807, 2.05) is 6.07 Å². The van der Waals surface area contributed by atoms with Crippen LogP contribution in [0, 0.1) is 0 Å². The van der Waals surface area contributed by atoms with Gasteiger partial charge in [0, 0.05) is 52.6 Å². The molecule has 0 radical (unpaired) electrons. The van der Waals surface area contributed by atoms with Gasteiger partial charge < -0.3 is 20.1 Å². The molecular weight excluding hydrogens is 270 g/mol. The minimum absolute atomic E-state index is 0.667. The molecule has 7 heteroatoms. The number of hydrogen-bond acceptors (Lipinski definition) is 7. The maximum absolute atomic E-state index is 5.33. The molecule has 0 spiro atoms. The number of nitrogens with zero attached hydrogens (tertiary/aromatic N) is 3. The molecule has 0 aliphatic carbocycles. The zero-order chi connectivity index (χ0) is 14.8. The number of rotatable bonds is 9. The first-order chi connectivity index (χ1) is 10.4. The molecule has 0 saturated carbocycles. The summed E-state index contributed by atoms with van der Waals surface area (Å²) in [4.78, 5) is 11.1.